The van der Waals surface area contributed by atoms with E-state index in [1.165, 1.54) is 18.2 Å². The first-order valence-corrected chi connectivity index (χ1v) is 7.02. The topological polar surface area (TPSA) is 87.8 Å². The zero-order valence-electron chi connectivity index (χ0n) is 12.0. The van der Waals surface area contributed by atoms with Gasteiger partial charge >= 0.3 is 0 Å². The van der Waals surface area contributed by atoms with Crippen molar-refractivity contribution in [1.82, 2.24) is 9.80 Å². The SMILES string of the molecule is CCC(C#N)N1CCN(C(=O)c2c(O)cccc2O)CC1. The molecule has 0 radical (unpaired) electrons. The van der Waals surface area contributed by atoms with Gasteiger partial charge in [0.15, 0.2) is 0 Å². The molecular weight excluding hydrogens is 270 g/mol. The van der Waals surface area contributed by atoms with E-state index in [1.807, 2.05) is 6.92 Å². The van der Waals surface area contributed by atoms with Gasteiger partial charge < -0.3 is 15.1 Å². The summed E-state index contributed by atoms with van der Waals surface area (Å²) in [6.07, 6.45) is 0.755. The first kappa shape index (κ1) is 15.1. The van der Waals surface area contributed by atoms with Crippen molar-refractivity contribution < 1.29 is 15.0 Å². The molecule has 1 aromatic rings. The van der Waals surface area contributed by atoms with Crippen LogP contribution >= 0.6 is 0 Å². The summed E-state index contributed by atoms with van der Waals surface area (Å²) in [6.45, 7) is 4.15. The number of rotatable bonds is 3. The van der Waals surface area contributed by atoms with Crippen molar-refractivity contribution in [3.8, 4) is 17.6 Å². The van der Waals surface area contributed by atoms with Crippen LogP contribution in [0.15, 0.2) is 18.2 Å². The van der Waals surface area contributed by atoms with Gasteiger partial charge in [0, 0.05) is 26.2 Å². The highest BCUT2D eigenvalue weighted by molar-refractivity contribution is 5.99. The van der Waals surface area contributed by atoms with E-state index in [1.54, 1.807) is 4.90 Å². The zero-order valence-corrected chi connectivity index (χ0v) is 12.0. The summed E-state index contributed by atoms with van der Waals surface area (Å²) in [5.41, 5.74) is -0.0572. The van der Waals surface area contributed by atoms with E-state index in [0.29, 0.717) is 26.2 Å². The van der Waals surface area contributed by atoms with E-state index >= 15 is 0 Å². The molecule has 1 amide bonds. The molecule has 1 aliphatic rings. The molecule has 112 valence electrons. The highest BCUT2D eigenvalue weighted by Crippen LogP contribution is 2.28. The summed E-state index contributed by atoms with van der Waals surface area (Å²) in [5.74, 6) is -0.813. The maximum atomic E-state index is 12.4. The van der Waals surface area contributed by atoms with Gasteiger partial charge in [0.2, 0.25) is 0 Å². The first-order chi connectivity index (χ1) is 10.1. The molecular formula is C15H19N3O3. The number of amides is 1. The standard InChI is InChI=1S/C15H19N3O3/c1-2-11(10-16)17-6-8-18(9-7-17)15(21)14-12(19)4-3-5-13(14)20/h3-5,11,19-20H,2,6-9H2,1H3. The Kier molecular flexibility index (Phi) is 4.66. The molecule has 1 aliphatic heterocycles. The Morgan fingerprint density at radius 2 is 1.86 bits per heavy atom. The van der Waals surface area contributed by atoms with Gasteiger partial charge in [-0.2, -0.15) is 5.26 Å². The van der Waals surface area contributed by atoms with E-state index in [2.05, 4.69) is 11.0 Å². The van der Waals surface area contributed by atoms with Crippen LogP contribution in [0.4, 0.5) is 0 Å². The van der Waals surface area contributed by atoms with Crippen molar-refractivity contribution in [2.45, 2.75) is 19.4 Å². The van der Waals surface area contributed by atoms with Crippen LogP contribution in [0, 0.1) is 11.3 Å². The third-order valence-corrected chi connectivity index (χ3v) is 3.81. The number of hydrogen-bond donors (Lipinski definition) is 2. The Labute approximate surface area is 123 Å². The van der Waals surface area contributed by atoms with Crippen molar-refractivity contribution in [2.75, 3.05) is 26.2 Å². The highest BCUT2D eigenvalue weighted by atomic mass is 16.3. The number of hydrogen-bond acceptors (Lipinski definition) is 5. The van der Waals surface area contributed by atoms with Crippen LogP contribution < -0.4 is 0 Å². The highest BCUT2D eigenvalue weighted by Gasteiger charge is 2.28. The lowest BCUT2D eigenvalue weighted by atomic mass is 10.1. The Hall–Kier alpha value is -2.26. The minimum absolute atomic E-state index is 0.0572. The van der Waals surface area contributed by atoms with Crippen molar-refractivity contribution in [1.29, 1.82) is 5.26 Å². The summed E-state index contributed by atoms with van der Waals surface area (Å²) in [7, 11) is 0. The lowest BCUT2D eigenvalue weighted by Gasteiger charge is -2.36. The van der Waals surface area contributed by atoms with Crippen LogP contribution in [0.1, 0.15) is 23.7 Å². The van der Waals surface area contributed by atoms with Crippen molar-refractivity contribution in [3.05, 3.63) is 23.8 Å². The molecule has 0 aromatic heterocycles. The zero-order chi connectivity index (χ0) is 15.4. The molecule has 0 bridgehead atoms. The van der Waals surface area contributed by atoms with E-state index in [-0.39, 0.29) is 29.0 Å². The van der Waals surface area contributed by atoms with Gasteiger partial charge in [-0.3, -0.25) is 9.69 Å². The lowest BCUT2D eigenvalue weighted by Crippen LogP contribution is -2.51. The molecule has 0 aliphatic carbocycles. The molecule has 1 aromatic carbocycles. The normalized spacial score (nSPS) is 17.2. The average Bonchev–Trinajstić information content (AvgIpc) is 2.49. The third-order valence-electron chi connectivity index (χ3n) is 3.81. The van der Waals surface area contributed by atoms with Crippen molar-refractivity contribution in [2.24, 2.45) is 0 Å². The van der Waals surface area contributed by atoms with Crippen LogP contribution in [0.5, 0.6) is 11.5 Å². The molecule has 1 unspecified atom stereocenters. The van der Waals surface area contributed by atoms with E-state index in [4.69, 9.17) is 5.26 Å². The molecule has 1 fully saturated rings. The molecule has 1 heterocycles. The van der Waals surface area contributed by atoms with Gasteiger partial charge in [-0.1, -0.05) is 13.0 Å². The Bertz CT molecular complexity index is 540. The van der Waals surface area contributed by atoms with Gasteiger partial charge in [-0.25, -0.2) is 0 Å². The molecule has 6 heteroatoms. The Morgan fingerprint density at radius 1 is 1.29 bits per heavy atom. The summed E-state index contributed by atoms with van der Waals surface area (Å²) < 4.78 is 0. The molecule has 21 heavy (non-hydrogen) atoms. The second-order valence-electron chi connectivity index (χ2n) is 5.05. The quantitative estimate of drug-likeness (QED) is 0.871. The van der Waals surface area contributed by atoms with E-state index < -0.39 is 0 Å². The number of aromatic hydroxyl groups is 2. The van der Waals surface area contributed by atoms with Gasteiger partial charge in [0.05, 0.1) is 12.1 Å². The summed E-state index contributed by atoms with van der Waals surface area (Å²) in [4.78, 5) is 16.0. The fourth-order valence-electron chi connectivity index (χ4n) is 2.57. The molecule has 1 atom stereocenters. The number of phenolic OH excluding ortho intramolecular Hbond substituents is 2. The van der Waals surface area contributed by atoms with Crippen LogP contribution in [-0.4, -0.2) is 58.1 Å². The second kappa shape index (κ2) is 6.46. The smallest absolute Gasteiger partial charge is 0.261 e. The number of nitriles is 1. The number of carbonyl (C=O) groups is 1. The molecule has 2 rings (SSSR count). The second-order valence-corrected chi connectivity index (χ2v) is 5.05. The number of carbonyl (C=O) groups excluding carboxylic acids is 1. The third kappa shape index (κ3) is 3.09. The summed E-state index contributed by atoms with van der Waals surface area (Å²) in [6, 6.07) is 6.38. The minimum atomic E-state index is -0.379. The minimum Gasteiger partial charge on any atom is -0.507 e. The van der Waals surface area contributed by atoms with E-state index in [0.717, 1.165) is 6.42 Å². The molecule has 0 saturated carbocycles. The largest absolute Gasteiger partial charge is 0.507 e. The Morgan fingerprint density at radius 3 is 2.33 bits per heavy atom. The van der Waals surface area contributed by atoms with Gasteiger partial charge in [0.25, 0.3) is 5.91 Å². The molecule has 2 N–H and O–H groups in total. The van der Waals surface area contributed by atoms with Crippen LogP contribution in [0.25, 0.3) is 0 Å². The molecule has 0 spiro atoms. The number of piperazine rings is 1. The van der Waals surface area contributed by atoms with Crippen LogP contribution in [-0.2, 0) is 0 Å². The number of benzene rings is 1. The van der Waals surface area contributed by atoms with Crippen LogP contribution in [0.2, 0.25) is 0 Å². The summed E-state index contributed by atoms with van der Waals surface area (Å²) >= 11 is 0. The molecule has 1 saturated heterocycles. The average molecular weight is 289 g/mol. The van der Waals surface area contributed by atoms with Gasteiger partial charge in [-0.05, 0) is 18.6 Å². The predicted octanol–water partition coefficient (Wildman–Crippen LogP) is 1.16. The maximum Gasteiger partial charge on any atom is 0.261 e. The van der Waals surface area contributed by atoms with Crippen molar-refractivity contribution >= 4 is 5.91 Å². The van der Waals surface area contributed by atoms with Crippen molar-refractivity contribution in [3.63, 3.8) is 0 Å². The fraction of sp³-hybridized carbons (Fsp3) is 0.467. The predicted molar refractivity (Wildman–Crippen MR) is 76.9 cm³/mol. The first-order valence-electron chi connectivity index (χ1n) is 7.02. The Balaban J connectivity index is 2.06. The van der Waals surface area contributed by atoms with Crippen LogP contribution in [0.3, 0.4) is 0 Å². The number of nitrogens with zero attached hydrogens (tertiary/aromatic N) is 3. The summed E-state index contributed by atoms with van der Waals surface area (Å²) in [5, 5.41) is 28.6. The lowest BCUT2D eigenvalue weighted by molar-refractivity contribution is 0.0599. The van der Waals surface area contributed by atoms with E-state index in [9.17, 15) is 15.0 Å². The molecule has 6 nitrogen and oxygen atoms in total. The van der Waals surface area contributed by atoms with Gasteiger partial charge in [-0.15, -0.1) is 0 Å². The maximum absolute atomic E-state index is 12.4. The number of phenols is 2. The monoisotopic (exact) mass is 289 g/mol. The van der Waals surface area contributed by atoms with Gasteiger partial charge in [0.1, 0.15) is 17.1 Å². The fourth-order valence-corrected chi connectivity index (χ4v) is 2.57.